The summed E-state index contributed by atoms with van der Waals surface area (Å²) >= 11 is 0. The molecule has 0 amide bonds. The summed E-state index contributed by atoms with van der Waals surface area (Å²) in [6.45, 7) is 8.83. The zero-order chi connectivity index (χ0) is 12.7. The van der Waals surface area contributed by atoms with Crippen molar-refractivity contribution in [3.8, 4) is 0 Å². The van der Waals surface area contributed by atoms with E-state index in [1.807, 2.05) is 0 Å². The van der Waals surface area contributed by atoms with Crippen molar-refractivity contribution < 1.29 is 5.21 Å². The zero-order valence-electron chi connectivity index (χ0n) is 11.3. The van der Waals surface area contributed by atoms with E-state index in [9.17, 15) is 0 Å². The third-order valence-corrected chi connectivity index (χ3v) is 3.13. The van der Waals surface area contributed by atoms with Gasteiger partial charge >= 0.3 is 0 Å². The number of rotatable bonds is 7. The van der Waals surface area contributed by atoms with Crippen LogP contribution in [0.2, 0.25) is 0 Å². The number of hydrogen-bond acceptors (Lipinski definition) is 3. The van der Waals surface area contributed by atoms with Gasteiger partial charge in [0.1, 0.15) is 5.84 Å². The van der Waals surface area contributed by atoms with E-state index in [4.69, 9.17) is 10.9 Å². The maximum Gasteiger partial charge on any atom is 0.140 e. The first-order valence-corrected chi connectivity index (χ1v) is 6.10. The van der Waals surface area contributed by atoms with Crippen molar-refractivity contribution in [2.45, 2.75) is 59.0 Å². The van der Waals surface area contributed by atoms with Crippen molar-refractivity contribution in [1.82, 2.24) is 4.90 Å². The van der Waals surface area contributed by atoms with E-state index in [0.717, 1.165) is 6.42 Å². The second-order valence-electron chi connectivity index (χ2n) is 5.00. The monoisotopic (exact) mass is 229 g/mol. The quantitative estimate of drug-likeness (QED) is 0.305. The first kappa shape index (κ1) is 15.2. The molecule has 0 heterocycles. The Kier molecular flexibility index (Phi) is 7.13. The normalized spacial score (nSPS) is 16.8. The second kappa shape index (κ2) is 7.49. The van der Waals surface area contributed by atoms with Gasteiger partial charge in [-0.05, 0) is 32.7 Å². The molecule has 4 nitrogen and oxygen atoms in total. The molecule has 0 aliphatic carbocycles. The smallest absolute Gasteiger partial charge is 0.140 e. The van der Waals surface area contributed by atoms with E-state index in [1.54, 1.807) is 0 Å². The van der Waals surface area contributed by atoms with Gasteiger partial charge in [-0.15, -0.1) is 0 Å². The van der Waals surface area contributed by atoms with E-state index >= 15 is 0 Å². The van der Waals surface area contributed by atoms with Crippen LogP contribution in [0.5, 0.6) is 0 Å². The Labute approximate surface area is 99.5 Å². The fourth-order valence-corrected chi connectivity index (χ4v) is 2.07. The summed E-state index contributed by atoms with van der Waals surface area (Å²) in [5, 5.41) is 11.6. The molecule has 0 spiro atoms. The number of nitrogens with two attached hydrogens (primary N) is 1. The van der Waals surface area contributed by atoms with Crippen molar-refractivity contribution in [2.24, 2.45) is 16.8 Å². The van der Waals surface area contributed by atoms with Crippen molar-refractivity contribution in [3.63, 3.8) is 0 Å². The summed E-state index contributed by atoms with van der Waals surface area (Å²) in [5.74, 6) is 1.01. The predicted octanol–water partition coefficient (Wildman–Crippen LogP) is 2.27. The van der Waals surface area contributed by atoms with Crippen molar-refractivity contribution >= 4 is 5.84 Å². The molecular weight excluding hydrogens is 202 g/mol. The molecule has 0 saturated heterocycles. The number of amidine groups is 1. The molecule has 0 saturated carbocycles. The zero-order valence-corrected chi connectivity index (χ0v) is 11.3. The Balaban J connectivity index is 4.34. The van der Waals surface area contributed by atoms with Crippen LogP contribution in [-0.2, 0) is 0 Å². The number of nitrogens with zero attached hydrogens (tertiary/aromatic N) is 2. The van der Waals surface area contributed by atoms with Gasteiger partial charge in [0.15, 0.2) is 0 Å². The first-order chi connectivity index (χ1) is 7.42. The lowest BCUT2D eigenvalue weighted by molar-refractivity contribution is 0.162. The van der Waals surface area contributed by atoms with Gasteiger partial charge in [-0.2, -0.15) is 0 Å². The highest BCUT2D eigenvalue weighted by Crippen LogP contribution is 2.16. The molecule has 3 N–H and O–H groups in total. The number of oxime groups is 1. The third kappa shape index (κ3) is 5.35. The highest BCUT2D eigenvalue weighted by Gasteiger charge is 2.20. The Morgan fingerprint density at radius 1 is 1.38 bits per heavy atom. The van der Waals surface area contributed by atoms with Crippen molar-refractivity contribution in [3.05, 3.63) is 0 Å². The van der Waals surface area contributed by atoms with Crippen LogP contribution in [0.3, 0.4) is 0 Å². The second-order valence-corrected chi connectivity index (χ2v) is 5.00. The van der Waals surface area contributed by atoms with E-state index < -0.39 is 0 Å². The molecule has 0 aliphatic rings. The third-order valence-electron chi connectivity index (χ3n) is 3.13. The lowest BCUT2D eigenvalue weighted by Crippen LogP contribution is -2.41. The molecule has 0 rings (SSSR count). The summed E-state index contributed by atoms with van der Waals surface area (Å²) in [6, 6.07) is 0.876. The molecule has 0 fully saturated rings. The SMILES string of the molecule is CCC(CC(N)=NO)N(C)C(C)CC(C)C. The molecule has 0 aromatic rings. The molecule has 0 aromatic carbocycles. The van der Waals surface area contributed by atoms with Gasteiger partial charge in [0.05, 0.1) is 0 Å². The molecular formula is C12H27N3O. The summed E-state index contributed by atoms with van der Waals surface area (Å²) in [7, 11) is 2.12. The lowest BCUT2D eigenvalue weighted by atomic mass is 10.0. The van der Waals surface area contributed by atoms with Crippen LogP contribution < -0.4 is 5.73 Å². The van der Waals surface area contributed by atoms with E-state index in [-0.39, 0.29) is 0 Å². The molecule has 96 valence electrons. The van der Waals surface area contributed by atoms with Crippen molar-refractivity contribution in [1.29, 1.82) is 0 Å². The molecule has 0 aliphatic heterocycles. The minimum absolute atomic E-state index is 0.315. The van der Waals surface area contributed by atoms with Gasteiger partial charge in [-0.1, -0.05) is 25.9 Å². The van der Waals surface area contributed by atoms with Crippen LogP contribution in [0.15, 0.2) is 5.16 Å². The average Bonchev–Trinajstić information content (AvgIpc) is 2.23. The van der Waals surface area contributed by atoms with Crippen LogP contribution >= 0.6 is 0 Å². The standard InChI is InChI=1S/C12H27N3O/c1-6-11(8-12(13)14-16)15(5)10(4)7-9(2)3/h9-11,16H,6-8H2,1-5H3,(H2,13,14). The summed E-state index contributed by atoms with van der Waals surface area (Å²) < 4.78 is 0. The Morgan fingerprint density at radius 3 is 2.31 bits per heavy atom. The van der Waals surface area contributed by atoms with Crippen LogP contribution in [0, 0.1) is 5.92 Å². The van der Waals surface area contributed by atoms with Crippen molar-refractivity contribution in [2.75, 3.05) is 7.05 Å². The molecule has 0 bridgehead atoms. The summed E-state index contributed by atoms with van der Waals surface area (Å²) in [6.07, 6.45) is 2.81. The average molecular weight is 229 g/mol. The molecule has 4 heteroatoms. The fourth-order valence-electron chi connectivity index (χ4n) is 2.07. The number of hydrogen-bond donors (Lipinski definition) is 2. The maximum absolute atomic E-state index is 8.59. The molecule has 2 atom stereocenters. The van der Waals surface area contributed by atoms with Gasteiger partial charge < -0.3 is 15.8 Å². The minimum atomic E-state index is 0.315. The fraction of sp³-hybridized carbons (Fsp3) is 0.917. The predicted molar refractivity (Wildman–Crippen MR) is 68.8 cm³/mol. The van der Waals surface area contributed by atoms with E-state index in [0.29, 0.717) is 30.3 Å². The largest absolute Gasteiger partial charge is 0.409 e. The highest BCUT2D eigenvalue weighted by atomic mass is 16.4. The van der Waals surface area contributed by atoms with Gasteiger partial charge in [-0.3, -0.25) is 0 Å². The van der Waals surface area contributed by atoms with Crippen LogP contribution in [0.25, 0.3) is 0 Å². The maximum atomic E-state index is 8.59. The summed E-state index contributed by atoms with van der Waals surface area (Å²) in [5.41, 5.74) is 5.56. The van der Waals surface area contributed by atoms with Crippen LogP contribution in [-0.4, -0.2) is 35.1 Å². The Hall–Kier alpha value is -0.770. The Morgan fingerprint density at radius 2 is 1.94 bits per heavy atom. The topological polar surface area (TPSA) is 61.9 Å². The van der Waals surface area contributed by atoms with Gasteiger partial charge in [0, 0.05) is 18.5 Å². The Bertz CT molecular complexity index is 216. The van der Waals surface area contributed by atoms with Gasteiger partial charge in [0.25, 0.3) is 0 Å². The van der Waals surface area contributed by atoms with Crippen LogP contribution in [0.1, 0.15) is 47.0 Å². The molecule has 2 unspecified atom stereocenters. The molecule has 0 radical (unpaired) electrons. The minimum Gasteiger partial charge on any atom is -0.409 e. The molecule has 0 aromatic heterocycles. The van der Waals surface area contributed by atoms with Gasteiger partial charge in [-0.25, -0.2) is 0 Å². The highest BCUT2D eigenvalue weighted by molar-refractivity contribution is 5.80. The summed E-state index contributed by atoms with van der Waals surface area (Å²) in [4.78, 5) is 2.33. The van der Waals surface area contributed by atoms with E-state index in [1.165, 1.54) is 6.42 Å². The lowest BCUT2D eigenvalue weighted by Gasteiger charge is -2.33. The van der Waals surface area contributed by atoms with Crippen LogP contribution in [0.4, 0.5) is 0 Å². The van der Waals surface area contributed by atoms with E-state index in [2.05, 4.69) is 44.8 Å². The molecule has 16 heavy (non-hydrogen) atoms. The van der Waals surface area contributed by atoms with Gasteiger partial charge in [0.2, 0.25) is 0 Å². The first-order valence-electron chi connectivity index (χ1n) is 6.10.